The van der Waals surface area contributed by atoms with Gasteiger partial charge in [-0.05, 0) is 32.2 Å². The normalized spacial score (nSPS) is 23.8. The fourth-order valence-electron chi connectivity index (χ4n) is 4.03. The van der Waals surface area contributed by atoms with E-state index in [0.717, 1.165) is 58.0 Å². The van der Waals surface area contributed by atoms with Gasteiger partial charge in [-0.3, -0.25) is 14.4 Å². The standard InChI is InChI=1S/C17H26N6O/c1-21(17(12-18)7-3-2-4-8-17)16(24)11-22-9-5-6-15(22)10-23-14-19-13-20-23/h13-15H,2-11H2,1H3/t15-/m1/s1. The Morgan fingerprint density at radius 3 is 2.83 bits per heavy atom. The third-order valence-corrected chi connectivity index (χ3v) is 5.61. The molecule has 0 radical (unpaired) electrons. The second-order valence-electron chi connectivity index (χ2n) is 7.04. The van der Waals surface area contributed by atoms with Gasteiger partial charge in [0, 0.05) is 13.1 Å². The van der Waals surface area contributed by atoms with Crippen LogP contribution < -0.4 is 0 Å². The van der Waals surface area contributed by atoms with E-state index in [1.54, 1.807) is 18.3 Å². The summed E-state index contributed by atoms with van der Waals surface area (Å²) in [4.78, 5) is 20.7. The Labute approximate surface area is 143 Å². The van der Waals surface area contributed by atoms with Crippen molar-refractivity contribution in [3.8, 4) is 6.07 Å². The van der Waals surface area contributed by atoms with Gasteiger partial charge in [-0.25, -0.2) is 4.98 Å². The number of hydrogen-bond acceptors (Lipinski definition) is 5. The minimum absolute atomic E-state index is 0.0592. The molecular formula is C17H26N6O. The quantitative estimate of drug-likeness (QED) is 0.816. The predicted molar refractivity (Wildman–Crippen MR) is 88.8 cm³/mol. The summed E-state index contributed by atoms with van der Waals surface area (Å²) < 4.78 is 1.83. The second kappa shape index (κ2) is 7.31. The molecule has 1 aromatic rings. The molecular weight excluding hydrogens is 304 g/mol. The molecule has 0 spiro atoms. The Bertz CT molecular complexity index is 587. The Balaban J connectivity index is 1.61. The molecule has 24 heavy (non-hydrogen) atoms. The van der Waals surface area contributed by atoms with Crippen LogP contribution in [-0.4, -0.2) is 62.2 Å². The fraction of sp³-hybridized carbons (Fsp3) is 0.765. The molecule has 1 saturated carbocycles. The maximum Gasteiger partial charge on any atom is 0.237 e. The summed E-state index contributed by atoms with van der Waals surface area (Å²) in [5.41, 5.74) is -0.601. The number of nitrogens with zero attached hydrogens (tertiary/aromatic N) is 6. The molecule has 7 heteroatoms. The number of aromatic nitrogens is 3. The molecule has 3 rings (SSSR count). The van der Waals surface area contributed by atoms with Crippen LogP contribution in [0.25, 0.3) is 0 Å². The van der Waals surface area contributed by atoms with Crippen molar-refractivity contribution in [3.05, 3.63) is 12.7 Å². The Kier molecular flexibility index (Phi) is 5.14. The highest BCUT2D eigenvalue weighted by Gasteiger charge is 2.39. The molecule has 1 aromatic heterocycles. The van der Waals surface area contributed by atoms with Crippen LogP contribution in [0, 0.1) is 11.3 Å². The maximum absolute atomic E-state index is 12.8. The Hall–Kier alpha value is -1.94. The SMILES string of the molecule is CN(C(=O)CN1CCC[C@@H]1Cn1cncn1)C1(C#N)CCCCC1. The third-order valence-electron chi connectivity index (χ3n) is 5.61. The number of nitriles is 1. The van der Waals surface area contributed by atoms with E-state index >= 15 is 0 Å². The first kappa shape index (κ1) is 16.9. The summed E-state index contributed by atoms with van der Waals surface area (Å²) in [6, 6.07) is 2.75. The number of carbonyl (C=O) groups is 1. The van der Waals surface area contributed by atoms with Gasteiger partial charge in [-0.15, -0.1) is 0 Å². The van der Waals surface area contributed by atoms with Crippen molar-refractivity contribution < 1.29 is 4.79 Å². The number of carbonyl (C=O) groups excluding carboxylic acids is 1. The van der Waals surface area contributed by atoms with Crippen molar-refractivity contribution in [3.63, 3.8) is 0 Å². The zero-order valence-corrected chi connectivity index (χ0v) is 14.4. The van der Waals surface area contributed by atoms with E-state index in [1.807, 2.05) is 4.68 Å². The van der Waals surface area contributed by atoms with Crippen LogP contribution in [0.3, 0.4) is 0 Å². The molecule has 1 aliphatic carbocycles. The first-order valence-electron chi connectivity index (χ1n) is 8.89. The molecule has 0 bridgehead atoms. The first-order valence-corrected chi connectivity index (χ1v) is 8.89. The highest BCUT2D eigenvalue weighted by molar-refractivity contribution is 5.79. The lowest BCUT2D eigenvalue weighted by Crippen LogP contribution is -2.53. The summed E-state index contributed by atoms with van der Waals surface area (Å²) in [6.07, 6.45) is 10.3. The van der Waals surface area contributed by atoms with Crippen LogP contribution >= 0.6 is 0 Å². The number of likely N-dealkylation sites (N-methyl/N-ethyl adjacent to an activating group) is 1. The highest BCUT2D eigenvalue weighted by Crippen LogP contribution is 2.32. The van der Waals surface area contributed by atoms with E-state index in [9.17, 15) is 10.1 Å². The number of amides is 1. The minimum Gasteiger partial charge on any atom is -0.326 e. The number of rotatable bonds is 5. The molecule has 1 atom stereocenters. The van der Waals surface area contributed by atoms with E-state index in [1.165, 1.54) is 6.33 Å². The summed E-state index contributed by atoms with van der Waals surface area (Å²) in [7, 11) is 1.80. The largest absolute Gasteiger partial charge is 0.326 e. The van der Waals surface area contributed by atoms with Gasteiger partial charge >= 0.3 is 0 Å². The average Bonchev–Trinajstić information content (AvgIpc) is 3.28. The fourth-order valence-corrected chi connectivity index (χ4v) is 4.03. The Morgan fingerprint density at radius 1 is 1.38 bits per heavy atom. The van der Waals surface area contributed by atoms with Gasteiger partial charge in [0.25, 0.3) is 0 Å². The van der Waals surface area contributed by atoms with Gasteiger partial charge in [0.15, 0.2) is 0 Å². The van der Waals surface area contributed by atoms with Crippen molar-refractivity contribution in [2.75, 3.05) is 20.1 Å². The maximum atomic E-state index is 12.8. The molecule has 7 nitrogen and oxygen atoms in total. The van der Waals surface area contributed by atoms with Gasteiger partial charge in [0.05, 0.1) is 19.2 Å². The molecule has 0 aromatic carbocycles. The molecule has 1 saturated heterocycles. The molecule has 0 N–H and O–H groups in total. The lowest BCUT2D eigenvalue weighted by atomic mass is 9.81. The minimum atomic E-state index is -0.601. The lowest BCUT2D eigenvalue weighted by molar-refractivity contribution is -0.136. The van der Waals surface area contributed by atoms with Crippen molar-refractivity contribution >= 4 is 5.91 Å². The van der Waals surface area contributed by atoms with E-state index in [2.05, 4.69) is 21.1 Å². The first-order chi connectivity index (χ1) is 11.6. The van der Waals surface area contributed by atoms with E-state index in [-0.39, 0.29) is 5.91 Å². The van der Waals surface area contributed by atoms with Crippen LogP contribution in [0.1, 0.15) is 44.9 Å². The molecule has 0 unspecified atom stereocenters. The number of likely N-dealkylation sites (tertiary alicyclic amines) is 1. The second-order valence-corrected chi connectivity index (χ2v) is 7.04. The topological polar surface area (TPSA) is 78.1 Å². The van der Waals surface area contributed by atoms with Crippen LogP contribution in [0.5, 0.6) is 0 Å². The molecule has 2 heterocycles. The summed E-state index contributed by atoms with van der Waals surface area (Å²) in [5.74, 6) is 0.0592. The molecule has 1 amide bonds. The molecule has 1 aliphatic heterocycles. The summed E-state index contributed by atoms with van der Waals surface area (Å²) in [6.45, 7) is 2.08. The van der Waals surface area contributed by atoms with Gasteiger partial charge in [-0.2, -0.15) is 10.4 Å². The number of hydrogen-bond donors (Lipinski definition) is 0. The Morgan fingerprint density at radius 2 is 2.17 bits per heavy atom. The van der Waals surface area contributed by atoms with Crippen LogP contribution in [-0.2, 0) is 11.3 Å². The molecule has 2 fully saturated rings. The van der Waals surface area contributed by atoms with Gasteiger partial charge in [-0.1, -0.05) is 19.3 Å². The lowest BCUT2D eigenvalue weighted by Gasteiger charge is -2.40. The summed E-state index contributed by atoms with van der Waals surface area (Å²) in [5, 5.41) is 13.8. The van der Waals surface area contributed by atoms with E-state index in [4.69, 9.17) is 0 Å². The van der Waals surface area contributed by atoms with E-state index in [0.29, 0.717) is 12.6 Å². The van der Waals surface area contributed by atoms with Gasteiger partial charge in [0.1, 0.15) is 18.2 Å². The van der Waals surface area contributed by atoms with Gasteiger partial charge < -0.3 is 4.90 Å². The predicted octanol–water partition coefficient (Wildman–Crippen LogP) is 1.43. The van der Waals surface area contributed by atoms with E-state index < -0.39 is 5.54 Å². The monoisotopic (exact) mass is 330 g/mol. The van der Waals surface area contributed by atoms with Crippen molar-refractivity contribution in [1.82, 2.24) is 24.6 Å². The van der Waals surface area contributed by atoms with Crippen LogP contribution in [0.2, 0.25) is 0 Å². The zero-order chi connectivity index (χ0) is 17.0. The average molecular weight is 330 g/mol. The zero-order valence-electron chi connectivity index (χ0n) is 14.4. The highest BCUT2D eigenvalue weighted by atomic mass is 16.2. The van der Waals surface area contributed by atoms with Crippen molar-refractivity contribution in [2.45, 2.75) is 63.1 Å². The molecule has 130 valence electrons. The smallest absolute Gasteiger partial charge is 0.237 e. The third kappa shape index (κ3) is 3.44. The molecule has 2 aliphatic rings. The van der Waals surface area contributed by atoms with Crippen LogP contribution in [0.4, 0.5) is 0 Å². The summed E-state index contributed by atoms with van der Waals surface area (Å²) >= 11 is 0. The van der Waals surface area contributed by atoms with Gasteiger partial charge in [0.2, 0.25) is 5.91 Å². The van der Waals surface area contributed by atoms with Crippen molar-refractivity contribution in [1.29, 1.82) is 5.26 Å². The van der Waals surface area contributed by atoms with Crippen molar-refractivity contribution in [2.24, 2.45) is 0 Å². The van der Waals surface area contributed by atoms with Crippen LogP contribution in [0.15, 0.2) is 12.7 Å².